The van der Waals surface area contributed by atoms with Gasteiger partial charge in [0.2, 0.25) is 0 Å². The highest BCUT2D eigenvalue weighted by atomic mass is 35.5. The van der Waals surface area contributed by atoms with Crippen LogP contribution in [-0.4, -0.2) is 45.0 Å². The maximum atomic E-state index is 12.8. The van der Waals surface area contributed by atoms with E-state index in [4.69, 9.17) is 16.3 Å². The highest BCUT2D eigenvalue weighted by Gasteiger charge is 2.38. The molecule has 0 spiro atoms. The Morgan fingerprint density at radius 1 is 1.43 bits per heavy atom. The summed E-state index contributed by atoms with van der Waals surface area (Å²) in [7, 11) is 0. The largest absolute Gasteiger partial charge is 0.370 e. The lowest BCUT2D eigenvalue weighted by Gasteiger charge is -2.41. The summed E-state index contributed by atoms with van der Waals surface area (Å²) >= 11 is 6.05. The summed E-state index contributed by atoms with van der Waals surface area (Å²) in [4.78, 5) is 14.6. The molecule has 2 atom stereocenters. The summed E-state index contributed by atoms with van der Waals surface area (Å²) in [5.74, 6) is 0.0236. The lowest BCUT2D eigenvalue weighted by molar-refractivity contribution is -0.0605. The maximum Gasteiger partial charge on any atom is 0.253 e. The second-order valence-corrected chi connectivity index (χ2v) is 6.50. The Morgan fingerprint density at radius 2 is 2.30 bits per heavy atom. The van der Waals surface area contributed by atoms with Gasteiger partial charge in [-0.2, -0.15) is 0 Å². The number of carbonyl (C=O) groups is 1. The van der Waals surface area contributed by atoms with Gasteiger partial charge < -0.3 is 9.64 Å². The van der Waals surface area contributed by atoms with Crippen LogP contribution in [0.15, 0.2) is 24.4 Å². The van der Waals surface area contributed by atoms with Crippen molar-refractivity contribution in [2.24, 2.45) is 0 Å². The molecule has 6 nitrogen and oxygen atoms in total. The van der Waals surface area contributed by atoms with E-state index in [-0.39, 0.29) is 18.1 Å². The number of rotatable bonds is 1. The van der Waals surface area contributed by atoms with Crippen LogP contribution in [0.25, 0.3) is 0 Å². The van der Waals surface area contributed by atoms with Gasteiger partial charge in [-0.1, -0.05) is 16.8 Å². The molecule has 4 rings (SSSR count). The van der Waals surface area contributed by atoms with Crippen molar-refractivity contribution in [1.29, 1.82) is 0 Å². The van der Waals surface area contributed by atoms with Gasteiger partial charge in [-0.15, -0.1) is 5.10 Å². The van der Waals surface area contributed by atoms with Crippen molar-refractivity contribution < 1.29 is 9.53 Å². The first-order valence-corrected chi connectivity index (χ1v) is 8.07. The number of piperidine rings is 1. The van der Waals surface area contributed by atoms with Crippen LogP contribution in [0.2, 0.25) is 5.02 Å². The SMILES string of the molecule is Cc1cc(C(=O)N2CC[C@@H]3OCc4cnnn4[C@@H]3C2)ccc1Cl. The molecule has 0 aliphatic carbocycles. The van der Waals surface area contributed by atoms with Crippen LogP contribution in [0.4, 0.5) is 0 Å². The average molecular weight is 333 g/mol. The van der Waals surface area contributed by atoms with E-state index >= 15 is 0 Å². The van der Waals surface area contributed by atoms with Crippen LogP contribution in [0.1, 0.15) is 34.1 Å². The Balaban J connectivity index is 1.57. The Bertz CT molecular complexity index is 760. The van der Waals surface area contributed by atoms with E-state index in [2.05, 4.69) is 10.3 Å². The highest BCUT2D eigenvalue weighted by molar-refractivity contribution is 6.31. The molecule has 3 heterocycles. The number of hydrogen-bond acceptors (Lipinski definition) is 4. The van der Waals surface area contributed by atoms with Gasteiger partial charge in [0.25, 0.3) is 5.91 Å². The van der Waals surface area contributed by atoms with E-state index in [1.54, 1.807) is 18.3 Å². The minimum Gasteiger partial charge on any atom is -0.370 e. The molecule has 120 valence electrons. The van der Waals surface area contributed by atoms with E-state index in [1.807, 2.05) is 22.6 Å². The second kappa shape index (κ2) is 5.62. The molecule has 0 saturated carbocycles. The van der Waals surface area contributed by atoms with E-state index in [0.717, 1.165) is 17.7 Å². The van der Waals surface area contributed by atoms with Crippen molar-refractivity contribution >= 4 is 17.5 Å². The molecule has 1 aromatic carbocycles. The predicted octanol–water partition coefficient (Wildman–Crippen LogP) is 2.23. The van der Waals surface area contributed by atoms with Gasteiger partial charge in [-0.25, -0.2) is 4.68 Å². The molecule has 2 aromatic rings. The van der Waals surface area contributed by atoms with Crippen molar-refractivity contribution in [2.75, 3.05) is 13.1 Å². The number of benzene rings is 1. The molecule has 2 aliphatic heterocycles. The number of aromatic nitrogens is 3. The molecule has 0 radical (unpaired) electrons. The predicted molar refractivity (Wildman–Crippen MR) is 84.3 cm³/mol. The summed E-state index contributed by atoms with van der Waals surface area (Å²) in [6, 6.07) is 5.43. The van der Waals surface area contributed by atoms with Gasteiger partial charge in [-0.05, 0) is 37.1 Å². The third-order valence-electron chi connectivity index (χ3n) is 4.62. The van der Waals surface area contributed by atoms with Crippen molar-refractivity contribution in [2.45, 2.75) is 32.1 Å². The zero-order valence-electron chi connectivity index (χ0n) is 12.8. The number of hydrogen-bond donors (Lipinski definition) is 0. The Morgan fingerprint density at radius 3 is 3.13 bits per heavy atom. The van der Waals surface area contributed by atoms with Crippen molar-refractivity contribution in [3.05, 3.63) is 46.2 Å². The first-order valence-electron chi connectivity index (χ1n) is 7.69. The molecule has 0 unspecified atom stereocenters. The second-order valence-electron chi connectivity index (χ2n) is 6.09. The Kier molecular flexibility index (Phi) is 3.58. The molecule has 1 saturated heterocycles. The van der Waals surface area contributed by atoms with Gasteiger partial charge >= 0.3 is 0 Å². The number of aryl methyl sites for hydroxylation is 1. The summed E-state index contributed by atoms with van der Waals surface area (Å²) in [5.41, 5.74) is 2.54. The van der Waals surface area contributed by atoms with Crippen LogP contribution in [-0.2, 0) is 11.3 Å². The summed E-state index contributed by atoms with van der Waals surface area (Å²) < 4.78 is 7.78. The zero-order valence-corrected chi connectivity index (χ0v) is 13.5. The first-order chi connectivity index (χ1) is 11.1. The molecule has 1 aromatic heterocycles. The van der Waals surface area contributed by atoms with Gasteiger partial charge in [-0.3, -0.25) is 4.79 Å². The van der Waals surface area contributed by atoms with Gasteiger partial charge in [0.15, 0.2) is 0 Å². The third-order valence-corrected chi connectivity index (χ3v) is 5.04. The number of fused-ring (bicyclic) bond motifs is 3. The molecule has 1 amide bonds. The molecule has 1 fully saturated rings. The standard InChI is InChI=1S/C16H17ClN4O2/c1-10-6-11(2-3-13(10)17)16(22)20-5-4-15-14(8-20)21-12(9-23-15)7-18-19-21/h2-3,6-7,14-15H,4-5,8-9H2,1H3/t14-,15+/m1/s1. The fourth-order valence-corrected chi connectivity index (χ4v) is 3.44. The van der Waals surface area contributed by atoms with E-state index in [9.17, 15) is 4.79 Å². The molecule has 0 bridgehead atoms. The van der Waals surface area contributed by atoms with Crippen LogP contribution in [0.5, 0.6) is 0 Å². The van der Waals surface area contributed by atoms with E-state index in [0.29, 0.717) is 30.3 Å². The van der Waals surface area contributed by atoms with Crippen molar-refractivity contribution in [1.82, 2.24) is 19.9 Å². The van der Waals surface area contributed by atoms with Gasteiger partial charge in [0.05, 0.1) is 30.6 Å². The van der Waals surface area contributed by atoms with E-state index in [1.165, 1.54) is 0 Å². The number of amides is 1. The van der Waals surface area contributed by atoms with Crippen LogP contribution in [0.3, 0.4) is 0 Å². The minimum atomic E-state index is 0.0236. The van der Waals surface area contributed by atoms with Crippen LogP contribution < -0.4 is 0 Å². The van der Waals surface area contributed by atoms with Crippen LogP contribution in [0, 0.1) is 6.92 Å². The average Bonchev–Trinajstić information content (AvgIpc) is 3.05. The minimum absolute atomic E-state index is 0.0236. The Hall–Kier alpha value is -1.92. The molecule has 0 N–H and O–H groups in total. The molecule has 23 heavy (non-hydrogen) atoms. The fourth-order valence-electron chi connectivity index (χ4n) is 3.32. The smallest absolute Gasteiger partial charge is 0.253 e. The quantitative estimate of drug-likeness (QED) is 0.803. The normalized spacial score (nSPS) is 23.3. The topological polar surface area (TPSA) is 60.3 Å². The lowest BCUT2D eigenvalue weighted by Crippen LogP contribution is -2.49. The van der Waals surface area contributed by atoms with Crippen molar-refractivity contribution in [3.8, 4) is 0 Å². The van der Waals surface area contributed by atoms with Crippen LogP contribution >= 0.6 is 11.6 Å². The monoisotopic (exact) mass is 332 g/mol. The zero-order chi connectivity index (χ0) is 16.0. The number of likely N-dealkylation sites (tertiary alicyclic amines) is 1. The van der Waals surface area contributed by atoms with E-state index < -0.39 is 0 Å². The number of carbonyl (C=O) groups excluding carboxylic acids is 1. The molecule has 2 aliphatic rings. The summed E-state index contributed by atoms with van der Waals surface area (Å²) in [6.07, 6.45) is 2.63. The van der Waals surface area contributed by atoms with Gasteiger partial charge in [0, 0.05) is 23.7 Å². The number of ether oxygens (including phenoxy) is 1. The molecular weight excluding hydrogens is 316 g/mol. The van der Waals surface area contributed by atoms with Gasteiger partial charge in [0.1, 0.15) is 0 Å². The number of halogens is 1. The number of nitrogens with zero attached hydrogens (tertiary/aromatic N) is 4. The molecule has 7 heteroatoms. The lowest BCUT2D eigenvalue weighted by atomic mass is 9.99. The Labute approximate surface area is 139 Å². The summed E-state index contributed by atoms with van der Waals surface area (Å²) in [6.45, 7) is 3.72. The fraction of sp³-hybridized carbons (Fsp3) is 0.438. The summed E-state index contributed by atoms with van der Waals surface area (Å²) in [5, 5.41) is 8.80. The highest BCUT2D eigenvalue weighted by Crippen LogP contribution is 2.30. The molecular formula is C16H17ClN4O2. The third kappa shape index (κ3) is 2.52. The van der Waals surface area contributed by atoms with Crippen molar-refractivity contribution in [3.63, 3.8) is 0 Å². The first kappa shape index (κ1) is 14.7. The maximum absolute atomic E-state index is 12.8.